The van der Waals surface area contributed by atoms with Gasteiger partial charge >= 0.3 is 0 Å². The molecule has 3 atom stereocenters. The van der Waals surface area contributed by atoms with Crippen LogP contribution in [0.25, 0.3) is 0 Å². The molecule has 1 saturated carbocycles. The number of Topliss-reactive ketones (excluding diaryl/α,β-unsaturated/α-hetero) is 1. The van der Waals surface area contributed by atoms with E-state index in [1.54, 1.807) is 0 Å². The minimum Gasteiger partial charge on any atom is -0.304 e. The van der Waals surface area contributed by atoms with Crippen LogP contribution in [0.3, 0.4) is 0 Å². The van der Waals surface area contributed by atoms with E-state index in [0.717, 1.165) is 25.0 Å². The van der Waals surface area contributed by atoms with E-state index in [2.05, 4.69) is 5.32 Å². The number of nitrogens with one attached hydrogen (secondary N) is 1. The third kappa shape index (κ3) is 2.75. The number of carbonyl (C=O) groups is 1. The standard InChI is InChI=1S/C16H19F2NO/c17-12-6-5-10(7-13(12)18)8-16(20)15-9-11-3-1-2-4-14(11)19-15/h5-7,11,14-15,19H,1-4,8-9H2. The minimum absolute atomic E-state index is 0.0883. The molecule has 0 aromatic heterocycles. The van der Waals surface area contributed by atoms with Crippen LogP contribution in [0.2, 0.25) is 0 Å². The smallest absolute Gasteiger partial charge is 0.159 e. The topological polar surface area (TPSA) is 29.1 Å². The summed E-state index contributed by atoms with van der Waals surface area (Å²) in [6.07, 6.45) is 5.92. The van der Waals surface area contributed by atoms with Crippen LogP contribution in [0.5, 0.6) is 0 Å². The van der Waals surface area contributed by atoms with Crippen molar-refractivity contribution in [1.82, 2.24) is 5.32 Å². The van der Waals surface area contributed by atoms with Gasteiger partial charge in [0.25, 0.3) is 0 Å². The maximum atomic E-state index is 13.1. The van der Waals surface area contributed by atoms with Gasteiger partial charge in [0.15, 0.2) is 17.4 Å². The van der Waals surface area contributed by atoms with E-state index in [1.807, 2.05) is 0 Å². The van der Waals surface area contributed by atoms with Crippen molar-refractivity contribution in [2.45, 2.75) is 50.6 Å². The summed E-state index contributed by atoms with van der Waals surface area (Å²) in [4.78, 5) is 12.3. The first-order chi connectivity index (χ1) is 9.63. The quantitative estimate of drug-likeness (QED) is 0.921. The number of rotatable bonds is 3. The normalized spacial score (nSPS) is 29.2. The van der Waals surface area contributed by atoms with Crippen molar-refractivity contribution < 1.29 is 13.6 Å². The molecule has 1 aromatic rings. The Kier molecular flexibility index (Phi) is 3.83. The molecule has 1 aromatic carbocycles. The third-order valence-corrected chi connectivity index (χ3v) is 4.61. The van der Waals surface area contributed by atoms with Gasteiger partial charge in [0, 0.05) is 12.5 Å². The molecule has 4 heteroatoms. The number of carbonyl (C=O) groups excluding carboxylic acids is 1. The molecule has 108 valence electrons. The van der Waals surface area contributed by atoms with Gasteiger partial charge in [-0.05, 0) is 42.9 Å². The van der Waals surface area contributed by atoms with Crippen LogP contribution in [0.4, 0.5) is 8.78 Å². The fourth-order valence-corrected chi connectivity index (χ4v) is 3.54. The highest BCUT2D eigenvalue weighted by Gasteiger charge is 2.37. The van der Waals surface area contributed by atoms with Gasteiger partial charge in [-0.1, -0.05) is 18.9 Å². The lowest BCUT2D eigenvalue weighted by Crippen LogP contribution is -2.37. The molecule has 0 spiro atoms. The zero-order valence-corrected chi connectivity index (χ0v) is 11.4. The number of halogens is 2. The number of fused-ring (bicyclic) bond motifs is 1. The molecular formula is C16H19F2NO. The van der Waals surface area contributed by atoms with Gasteiger partial charge in [0.1, 0.15) is 0 Å². The molecular weight excluding hydrogens is 260 g/mol. The molecule has 0 amide bonds. The molecule has 1 aliphatic carbocycles. The zero-order valence-electron chi connectivity index (χ0n) is 11.4. The summed E-state index contributed by atoms with van der Waals surface area (Å²) in [7, 11) is 0. The summed E-state index contributed by atoms with van der Waals surface area (Å²) >= 11 is 0. The largest absolute Gasteiger partial charge is 0.304 e. The van der Waals surface area contributed by atoms with E-state index in [1.165, 1.54) is 25.3 Å². The Morgan fingerprint density at radius 1 is 1.20 bits per heavy atom. The van der Waals surface area contributed by atoms with Gasteiger partial charge in [0.2, 0.25) is 0 Å². The van der Waals surface area contributed by atoms with Crippen LogP contribution in [0.1, 0.15) is 37.7 Å². The van der Waals surface area contributed by atoms with Crippen molar-refractivity contribution in [3.8, 4) is 0 Å². The van der Waals surface area contributed by atoms with E-state index in [-0.39, 0.29) is 18.2 Å². The van der Waals surface area contributed by atoms with Gasteiger partial charge in [-0.3, -0.25) is 4.79 Å². The molecule has 0 bridgehead atoms. The number of ketones is 1. The summed E-state index contributed by atoms with van der Waals surface area (Å²) in [5.74, 6) is -1.05. The highest BCUT2D eigenvalue weighted by atomic mass is 19.2. The Morgan fingerprint density at radius 2 is 2.00 bits per heavy atom. The molecule has 3 unspecified atom stereocenters. The second-order valence-electron chi connectivity index (χ2n) is 6.00. The first kappa shape index (κ1) is 13.7. The SMILES string of the molecule is O=C(Cc1ccc(F)c(F)c1)C1CC2CCCCC2N1. The Morgan fingerprint density at radius 3 is 2.75 bits per heavy atom. The van der Waals surface area contributed by atoms with E-state index in [0.29, 0.717) is 17.5 Å². The van der Waals surface area contributed by atoms with Crippen LogP contribution < -0.4 is 5.32 Å². The summed E-state index contributed by atoms with van der Waals surface area (Å²) in [5.41, 5.74) is 0.547. The van der Waals surface area contributed by atoms with Crippen LogP contribution in [-0.4, -0.2) is 17.9 Å². The Bertz CT molecular complexity index is 503. The van der Waals surface area contributed by atoms with Gasteiger partial charge < -0.3 is 5.32 Å². The number of hydrogen-bond acceptors (Lipinski definition) is 2. The lowest BCUT2D eigenvalue weighted by Gasteiger charge is -2.24. The lowest BCUT2D eigenvalue weighted by molar-refractivity contribution is -0.120. The summed E-state index contributed by atoms with van der Waals surface area (Å²) in [6, 6.07) is 4.05. The lowest BCUT2D eigenvalue weighted by atomic mass is 9.84. The molecule has 1 N–H and O–H groups in total. The molecule has 2 nitrogen and oxygen atoms in total. The van der Waals surface area contributed by atoms with Crippen LogP contribution >= 0.6 is 0 Å². The second-order valence-corrected chi connectivity index (χ2v) is 6.00. The van der Waals surface area contributed by atoms with E-state index in [9.17, 15) is 13.6 Å². The fraction of sp³-hybridized carbons (Fsp3) is 0.562. The molecule has 2 aliphatic rings. The molecule has 2 fully saturated rings. The third-order valence-electron chi connectivity index (χ3n) is 4.61. The van der Waals surface area contributed by atoms with Gasteiger partial charge in [0.05, 0.1) is 6.04 Å². The van der Waals surface area contributed by atoms with E-state index < -0.39 is 11.6 Å². The first-order valence-electron chi connectivity index (χ1n) is 7.36. The predicted molar refractivity (Wildman–Crippen MR) is 72.4 cm³/mol. The molecule has 1 saturated heterocycles. The van der Waals surface area contributed by atoms with Gasteiger partial charge in [-0.15, -0.1) is 0 Å². The number of benzene rings is 1. The predicted octanol–water partition coefficient (Wildman–Crippen LogP) is 3.00. The van der Waals surface area contributed by atoms with Crippen LogP contribution in [0, 0.1) is 17.6 Å². The highest BCUT2D eigenvalue weighted by molar-refractivity contribution is 5.86. The summed E-state index contributed by atoms with van der Waals surface area (Å²) < 4.78 is 26.0. The van der Waals surface area contributed by atoms with Crippen LogP contribution in [0.15, 0.2) is 18.2 Å². The Balaban J connectivity index is 1.63. The van der Waals surface area contributed by atoms with Gasteiger partial charge in [-0.25, -0.2) is 8.78 Å². The van der Waals surface area contributed by atoms with Crippen LogP contribution in [-0.2, 0) is 11.2 Å². The van der Waals surface area contributed by atoms with Crippen molar-refractivity contribution in [3.63, 3.8) is 0 Å². The summed E-state index contributed by atoms with van der Waals surface area (Å²) in [5, 5.41) is 3.42. The van der Waals surface area contributed by atoms with Crippen molar-refractivity contribution in [3.05, 3.63) is 35.4 Å². The maximum absolute atomic E-state index is 13.1. The maximum Gasteiger partial charge on any atom is 0.159 e. The molecule has 20 heavy (non-hydrogen) atoms. The molecule has 1 aliphatic heterocycles. The Labute approximate surface area is 117 Å². The van der Waals surface area contributed by atoms with Crippen molar-refractivity contribution in [2.75, 3.05) is 0 Å². The molecule has 1 heterocycles. The molecule has 3 rings (SSSR count). The minimum atomic E-state index is -0.886. The Hall–Kier alpha value is -1.29. The van der Waals surface area contributed by atoms with Gasteiger partial charge in [-0.2, -0.15) is 0 Å². The van der Waals surface area contributed by atoms with Crippen molar-refractivity contribution in [1.29, 1.82) is 0 Å². The zero-order chi connectivity index (χ0) is 14.1. The fourth-order valence-electron chi connectivity index (χ4n) is 3.54. The number of hydrogen-bond donors (Lipinski definition) is 1. The van der Waals surface area contributed by atoms with E-state index in [4.69, 9.17) is 0 Å². The van der Waals surface area contributed by atoms with Crippen molar-refractivity contribution in [2.24, 2.45) is 5.92 Å². The first-order valence-corrected chi connectivity index (χ1v) is 7.36. The average Bonchev–Trinajstić information content (AvgIpc) is 2.87. The second kappa shape index (κ2) is 5.60. The monoisotopic (exact) mass is 279 g/mol. The van der Waals surface area contributed by atoms with E-state index >= 15 is 0 Å². The van der Waals surface area contributed by atoms with Crippen molar-refractivity contribution >= 4 is 5.78 Å². The highest BCUT2D eigenvalue weighted by Crippen LogP contribution is 2.33. The summed E-state index contributed by atoms with van der Waals surface area (Å²) in [6.45, 7) is 0. The average molecular weight is 279 g/mol. The molecule has 0 radical (unpaired) electrons.